The van der Waals surface area contributed by atoms with E-state index < -0.39 is 5.97 Å². The van der Waals surface area contributed by atoms with E-state index >= 15 is 0 Å². The summed E-state index contributed by atoms with van der Waals surface area (Å²) in [6.45, 7) is 2.22. The zero-order valence-electron chi connectivity index (χ0n) is 17.6. The zero-order valence-corrected chi connectivity index (χ0v) is 17.6. The number of carboxylic acids is 1. The minimum absolute atomic E-state index is 0.00880. The van der Waals surface area contributed by atoms with Crippen LogP contribution in [0.2, 0.25) is 0 Å². The molecule has 0 radical (unpaired) electrons. The summed E-state index contributed by atoms with van der Waals surface area (Å²) in [7, 11) is 0. The Labute approximate surface area is 173 Å². The number of carbonyl (C=O) groups excluding carboxylic acids is 1. The quantitative estimate of drug-likeness (QED) is 0.532. The van der Waals surface area contributed by atoms with Crippen LogP contribution in [0.3, 0.4) is 0 Å². The number of para-hydroxylation sites is 1. The van der Waals surface area contributed by atoms with Gasteiger partial charge in [0.1, 0.15) is 6.54 Å². The van der Waals surface area contributed by atoms with Gasteiger partial charge in [0.05, 0.1) is 0 Å². The first-order valence-electron chi connectivity index (χ1n) is 11.2. The standard InChI is InChI=1S/C24H34N2O3/c1-2-3-4-5-6-7-8-13-23(27)25-18-14-15-22-20(16-18)19-11-9-10-12-21(19)26(22)17-24(28)29/h9-12,18H,2-8,13-17H2,1H3,(H,25,27)(H,28,29). The maximum atomic E-state index is 12.4. The lowest BCUT2D eigenvalue weighted by molar-refractivity contribution is -0.137. The fourth-order valence-electron chi connectivity index (χ4n) is 4.58. The molecule has 0 fully saturated rings. The lowest BCUT2D eigenvalue weighted by Gasteiger charge is -2.25. The van der Waals surface area contributed by atoms with E-state index in [4.69, 9.17) is 0 Å². The van der Waals surface area contributed by atoms with Crippen molar-refractivity contribution in [1.29, 1.82) is 0 Å². The van der Waals surface area contributed by atoms with Crippen molar-refractivity contribution in [2.24, 2.45) is 0 Å². The Morgan fingerprint density at radius 2 is 1.83 bits per heavy atom. The number of hydrogen-bond donors (Lipinski definition) is 2. The Morgan fingerprint density at radius 3 is 2.59 bits per heavy atom. The molecule has 3 rings (SSSR count). The maximum Gasteiger partial charge on any atom is 0.323 e. The van der Waals surface area contributed by atoms with Gasteiger partial charge in [-0.25, -0.2) is 0 Å². The van der Waals surface area contributed by atoms with Crippen molar-refractivity contribution in [2.75, 3.05) is 0 Å². The molecule has 0 saturated heterocycles. The molecular weight excluding hydrogens is 364 g/mol. The van der Waals surface area contributed by atoms with Crippen LogP contribution >= 0.6 is 0 Å². The molecule has 158 valence electrons. The number of amides is 1. The number of benzene rings is 1. The molecule has 0 bridgehead atoms. The summed E-state index contributed by atoms with van der Waals surface area (Å²) >= 11 is 0. The molecule has 0 saturated carbocycles. The molecule has 29 heavy (non-hydrogen) atoms. The molecule has 5 heteroatoms. The molecule has 1 amide bonds. The molecule has 1 atom stereocenters. The fraction of sp³-hybridized carbons (Fsp3) is 0.583. The fourth-order valence-corrected chi connectivity index (χ4v) is 4.58. The molecule has 0 aliphatic heterocycles. The average Bonchev–Trinajstić information content (AvgIpc) is 3.00. The molecule has 5 nitrogen and oxygen atoms in total. The Balaban J connectivity index is 1.54. The van der Waals surface area contributed by atoms with E-state index in [1.54, 1.807) is 0 Å². The largest absolute Gasteiger partial charge is 0.480 e. The Kier molecular flexibility index (Phi) is 7.73. The summed E-state index contributed by atoms with van der Waals surface area (Å²) < 4.78 is 1.93. The third kappa shape index (κ3) is 5.62. The van der Waals surface area contributed by atoms with E-state index in [1.807, 2.05) is 22.8 Å². The molecular formula is C24H34N2O3. The van der Waals surface area contributed by atoms with Crippen LogP contribution in [0.15, 0.2) is 24.3 Å². The van der Waals surface area contributed by atoms with Crippen molar-refractivity contribution in [3.8, 4) is 0 Å². The highest BCUT2D eigenvalue weighted by atomic mass is 16.4. The number of aliphatic carboxylic acids is 1. The number of hydrogen-bond acceptors (Lipinski definition) is 2. The Hall–Kier alpha value is -2.30. The van der Waals surface area contributed by atoms with Gasteiger partial charge in [-0.1, -0.05) is 63.6 Å². The second kappa shape index (κ2) is 10.5. The first-order valence-corrected chi connectivity index (χ1v) is 11.2. The van der Waals surface area contributed by atoms with Gasteiger partial charge in [-0.15, -0.1) is 0 Å². The van der Waals surface area contributed by atoms with Crippen molar-refractivity contribution in [3.63, 3.8) is 0 Å². The van der Waals surface area contributed by atoms with Crippen LogP contribution in [0.25, 0.3) is 10.9 Å². The monoisotopic (exact) mass is 398 g/mol. The van der Waals surface area contributed by atoms with Gasteiger partial charge < -0.3 is 15.0 Å². The predicted octanol–water partition coefficient (Wildman–Crippen LogP) is 4.84. The molecule has 1 aromatic heterocycles. The van der Waals surface area contributed by atoms with Crippen molar-refractivity contribution in [2.45, 2.75) is 90.1 Å². The van der Waals surface area contributed by atoms with E-state index in [1.165, 1.54) is 37.7 Å². The molecule has 1 aromatic carbocycles. The van der Waals surface area contributed by atoms with Crippen molar-refractivity contribution in [1.82, 2.24) is 9.88 Å². The minimum atomic E-state index is -0.821. The summed E-state index contributed by atoms with van der Waals surface area (Å²) in [5.41, 5.74) is 3.30. The second-order valence-corrected chi connectivity index (χ2v) is 8.30. The summed E-state index contributed by atoms with van der Waals surface area (Å²) in [6, 6.07) is 8.15. The van der Waals surface area contributed by atoms with Gasteiger partial charge in [0, 0.05) is 29.1 Å². The minimum Gasteiger partial charge on any atom is -0.480 e. The van der Waals surface area contributed by atoms with E-state index in [-0.39, 0.29) is 18.5 Å². The van der Waals surface area contributed by atoms with Crippen LogP contribution < -0.4 is 5.32 Å². The molecule has 1 aliphatic rings. The van der Waals surface area contributed by atoms with Gasteiger partial charge in [0.15, 0.2) is 0 Å². The second-order valence-electron chi connectivity index (χ2n) is 8.30. The van der Waals surface area contributed by atoms with Crippen LogP contribution in [0.4, 0.5) is 0 Å². The number of unbranched alkanes of at least 4 members (excludes halogenated alkanes) is 6. The third-order valence-corrected chi connectivity index (χ3v) is 6.04. The summed E-state index contributed by atoms with van der Waals surface area (Å²) in [5, 5.41) is 13.6. The van der Waals surface area contributed by atoms with Crippen LogP contribution in [-0.4, -0.2) is 27.6 Å². The van der Waals surface area contributed by atoms with Gasteiger partial charge in [-0.3, -0.25) is 9.59 Å². The number of carboxylic acid groups (broad SMARTS) is 1. The van der Waals surface area contributed by atoms with Gasteiger partial charge >= 0.3 is 5.97 Å². The summed E-state index contributed by atoms with van der Waals surface area (Å²) in [6.07, 6.45) is 11.6. The highest BCUT2D eigenvalue weighted by molar-refractivity contribution is 5.87. The molecule has 2 N–H and O–H groups in total. The molecule has 1 unspecified atom stereocenters. The van der Waals surface area contributed by atoms with Crippen molar-refractivity contribution in [3.05, 3.63) is 35.5 Å². The van der Waals surface area contributed by atoms with E-state index in [2.05, 4.69) is 18.3 Å². The third-order valence-electron chi connectivity index (χ3n) is 6.04. The number of fused-ring (bicyclic) bond motifs is 3. The highest BCUT2D eigenvalue weighted by Crippen LogP contribution is 2.32. The van der Waals surface area contributed by atoms with E-state index in [9.17, 15) is 14.7 Å². The van der Waals surface area contributed by atoms with Crippen LogP contribution in [-0.2, 0) is 29.0 Å². The zero-order chi connectivity index (χ0) is 20.6. The molecule has 1 aliphatic carbocycles. The first kappa shape index (κ1) is 21.4. The van der Waals surface area contributed by atoms with Crippen LogP contribution in [0.5, 0.6) is 0 Å². The number of rotatable bonds is 11. The van der Waals surface area contributed by atoms with Gasteiger partial charge in [0.2, 0.25) is 5.91 Å². The van der Waals surface area contributed by atoms with E-state index in [0.29, 0.717) is 6.42 Å². The van der Waals surface area contributed by atoms with Crippen LogP contribution in [0.1, 0.15) is 76.0 Å². The Morgan fingerprint density at radius 1 is 1.10 bits per heavy atom. The lowest BCUT2D eigenvalue weighted by atomic mass is 9.91. The molecule has 0 spiro atoms. The van der Waals surface area contributed by atoms with Crippen LogP contribution in [0, 0.1) is 0 Å². The summed E-state index contributed by atoms with van der Waals surface area (Å²) in [4.78, 5) is 23.7. The smallest absolute Gasteiger partial charge is 0.323 e. The maximum absolute atomic E-state index is 12.4. The van der Waals surface area contributed by atoms with Gasteiger partial charge in [-0.05, 0) is 37.3 Å². The molecule has 2 aromatic rings. The Bertz CT molecular complexity index is 840. The lowest BCUT2D eigenvalue weighted by Crippen LogP contribution is -2.39. The van der Waals surface area contributed by atoms with E-state index in [0.717, 1.165) is 48.7 Å². The number of aromatic nitrogens is 1. The molecule has 1 heterocycles. The SMILES string of the molecule is CCCCCCCCCC(=O)NC1CCc2c(c3ccccc3n2CC(=O)O)C1. The highest BCUT2D eigenvalue weighted by Gasteiger charge is 2.26. The van der Waals surface area contributed by atoms with Gasteiger partial charge in [-0.2, -0.15) is 0 Å². The predicted molar refractivity (Wildman–Crippen MR) is 116 cm³/mol. The first-order chi connectivity index (χ1) is 14.1. The van der Waals surface area contributed by atoms with Gasteiger partial charge in [0.25, 0.3) is 0 Å². The van der Waals surface area contributed by atoms with Crippen molar-refractivity contribution >= 4 is 22.8 Å². The number of nitrogens with one attached hydrogen (secondary N) is 1. The average molecular weight is 399 g/mol. The topological polar surface area (TPSA) is 71.3 Å². The number of carbonyl (C=O) groups is 2. The number of nitrogens with zero attached hydrogens (tertiary/aromatic N) is 1. The normalized spacial score (nSPS) is 16.0. The summed E-state index contributed by atoms with van der Waals surface area (Å²) in [5.74, 6) is -0.667. The van der Waals surface area contributed by atoms with Crippen molar-refractivity contribution < 1.29 is 14.7 Å².